The maximum atomic E-state index is 12.8. The van der Waals surface area contributed by atoms with Gasteiger partial charge in [0.2, 0.25) is 5.91 Å². The lowest BCUT2D eigenvalue weighted by molar-refractivity contribution is -0.150. The molecule has 3 aliphatic rings. The number of nitrogens with one attached hydrogen (secondary N) is 1. The Balaban J connectivity index is 1.60. The lowest BCUT2D eigenvalue weighted by atomic mass is 9.64. The third-order valence-corrected chi connectivity index (χ3v) is 5.94. The van der Waals surface area contributed by atoms with Gasteiger partial charge in [-0.05, 0) is 50.5 Å². The molecule has 1 saturated carbocycles. The molecule has 19 heavy (non-hydrogen) atoms. The highest BCUT2D eigenvalue weighted by Crippen LogP contribution is 2.47. The van der Waals surface area contributed by atoms with Gasteiger partial charge in [-0.3, -0.25) is 4.79 Å². The van der Waals surface area contributed by atoms with Crippen molar-refractivity contribution in [2.45, 2.75) is 58.3 Å². The molecule has 1 aliphatic carbocycles. The van der Waals surface area contributed by atoms with Gasteiger partial charge >= 0.3 is 0 Å². The van der Waals surface area contributed by atoms with Gasteiger partial charge in [-0.1, -0.05) is 19.8 Å². The lowest BCUT2D eigenvalue weighted by Gasteiger charge is -2.47. The van der Waals surface area contributed by atoms with Crippen molar-refractivity contribution in [3.63, 3.8) is 0 Å². The fourth-order valence-corrected chi connectivity index (χ4v) is 4.39. The average Bonchev–Trinajstić information content (AvgIpc) is 2.82. The van der Waals surface area contributed by atoms with E-state index in [9.17, 15) is 4.79 Å². The molecule has 0 atom stereocenters. The van der Waals surface area contributed by atoms with Crippen molar-refractivity contribution in [2.75, 3.05) is 26.2 Å². The van der Waals surface area contributed by atoms with E-state index in [0.717, 1.165) is 38.8 Å². The standard InChI is InChI=1S/C16H28N2O/c1-2-4-16(5-3-6-16)14(19)18-11-8-15(9-12-18)7-10-17-13-15/h17H,2-13H2,1H3. The molecule has 3 nitrogen and oxygen atoms in total. The first kappa shape index (κ1) is 13.4. The summed E-state index contributed by atoms with van der Waals surface area (Å²) in [6.07, 6.45) is 9.54. The number of carbonyl (C=O) groups excluding carboxylic acids is 1. The van der Waals surface area contributed by atoms with E-state index in [1.54, 1.807) is 0 Å². The fraction of sp³-hybridized carbons (Fsp3) is 0.938. The van der Waals surface area contributed by atoms with E-state index in [-0.39, 0.29) is 5.41 Å². The first-order chi connectivity index (χ1) is 9.20. The molecule has 2 aliphatic heterocycles. The largest absolute Gasteiger partial charge is 0.342 e. The van der Waals surface area contributed by atoms with Crippen LogP contribution >= 0.6 is 0 Å². The van der Waals surface area contributed by atoms with Crippen LogP contribution in [-0.4, -0.2) is 37.0 Å². The monoisotopic (exact) mass is 264 g/mol. The molecule has 0 aromatic carbocycles. The second-order valence-corrected chi connectivity index (χ2v) is 7.10. The molecular formula is C16H28N2O. The molecule has 0 aromatic rings. The van der Waals surface area contributed by atoms with Crippen LogP contribution in [0.4, 0.5) is 0 Å². The molecular weight excluding hydrogens is 236 g/mol. The molecule has 0 bridgehead atoms. The molecule has 2 saturated heterocycles. The molecule has 1 amide bonds. The Bertz CT molecular complexity index is 333. The Hall–Kier alpha value is -0.570. The van der Waals surface area contributed by atoms with Crippen LogP contribution < -0.4 is 5.32 Å². The Kier molecular flexibility index (Phi) is 3.59. The summed E-state index contributed by atoms with van der Waals surface area (Å²) >= 11 is 0. The SMILES string of the molecule is CCCC1(C(=O)N2CCC3(CCNC3)CC2)CCC1. The Morgan fingerprint density at radius 2 is 1.89 bits per heavy atom. The summed E-state index contributed by atoms with van der Waals surface area (Å²) in [6.45, 7) is 6.57. The van der Waals surface area contributed by atoms with Gasteiger partial charge in [0.25, 0.3) is 0 Å². The van der Waals surface area contributed by atoms with Crippen LogP contribution in [0.15, 0.2) is 0 Å². The minimum atomic E-state index is 0.0488. The summed E-state index contributed by atoms with van der Waals surface area (Å²) in [5.41, 5.74) is 0.571. The van der Waals surface area contributed by atoms with E-state index in [1.165, 1.54) is 38.8 Å². The third kappa shape index (κ3) is 2.31. The maximum absolute atomic E-state index is 12.8. The number of amides is 1. The number of rotatable bonds is 3. The zero-order valence-electron chi connectivity index (χ0n) is 12.3. The smallest absolute Gasteiger partial charge is 0.228 e. The number of likely N-dealkylation sites (tertiary alicyclic amines) is 1. The van der Waals surface area contributed by atoms with E-state index in [1.807, 2.05) is 0 Å². The number of nitrogens with zero attached hydrogens (tertiary/aromatic N) is 1. The fourth-order valence-electron chi connectivity index (χ4n) is 4.39. The van der Waals surface area contributed by atoms with Crippen LogP contribution in [0, 0.1) is 10.8 Å². The van der Waals surface area contributed by atoms with Crippen molar-refractivity contribution in [1.82, 2.24) is 10.2 Å². The van der Waals surface area contributed by atoms with Gasteiger partial charge in [-0.2, -0.15) is 0 Å². The van der Waals surface area contributed by atoms with E-state index in [0.29, 0.717) is 11.3 Å². The van der Waals surface area contributed by atoms with Gasteiger partial charge in [-0.15, -0.1) is 0 Å². The normalized spacial score (nSPS) is 28.4. The highest BCUT2D eigenvalue weighted by molar-refractivity contribution is 5.83. The summed E-state index contributed by atoms with van der Waals surface area (Å²) in [7, 11) is 0. The molecule has 3 rings (SSSR count). The van der Waals surface area contributed by atoms with Crippen LogP contribution in [-0.2, 0) is 4.79 Å². The van der Waals surface area contributed by atoms with Crippen molar-refractivity contribution in [3.05, 3.63) is 0 Å². The summed E-state index contributed by atoms with van der Waals surface area (Å²) < 4.78 is 0. The van der Waals surface area contributed by atoms with Crippen molar-refractivity contribution < 1.29 is 4.79 Å². The van der Waals surface area contributed by atoms with Crippen molar-refractivity contribution in [1.29, 1.82) is 0 Å². The molecule has 1 N–H and O–H groups in total. The average molecular weight is 264 g/mol. The topological polar surface area (TPSA) is 32.3 Å². The molecule has 108 valence electrons. The predicted octanol–water partition coefficient (Wildman–Crippen LogP) is 2.56. The van der Waals surface area contributed by atoms with Crippen LogP contribution in [0.5, 0.6) is 0 Å². The quantitative estimate of drug-likeness (QED) is 0.849. The highest BCUT2D eigenvalue weighted by atomic mass is 16.2. The molecule has 1 spiro atoms. The zero-order chi connectivity index (χ0) is 13.3. The van der Waals surface area contributed by atoms with Gasteiger partial charge in [-0.25, -0.2) is 0 Å². The summed E-state index contributed by atoms with van der Waals surface area (Å²) in [5, 5.41) is 3.50. The zero-order valence-corrected chi connectivity index (χ0v) is 12.3. The van der Waals surface area contributed by atoms with Crippen LogP contribution in [0.25, 0.3) is 0 Å². The van der Waals surface area contributed by atoms with Crippen molar-refractivity contribution in [3.8, 4) is 0 Å². The molecule has 3 fully saturated rings. The van der Waals surface area contributed by atoms with E-state index < -0.39 is 0 Å². The summed E-state index contributed by atoms with van der Waals surface area (Å²) in [6, 6.07) is 0. The molecule has 0 radical (unpaired) electrons. The second kappa shape index (κ2) is 5.08. The van der Waals surface area contributed by atoms with Crippen LogP contribution in [0.2, 0.25) is 0 Å². The maximum Gasteiger partial charge on any atom is 0.228 e. The summed E-state index contributed by atoms with van der Waals surface area (Å²) in [5.74, 6) is 0.487. The number of hydrogen-bond acceptors (Lipinski definition) is 2. The lowest BCUT2D eigenvalue weighted by Crippen LogP contribution is -2.52. The summed E-state index contributed by atoms with van der Waals surface area (Å²) in [4.78, 5) is 15.0. The van der Waals surface area contributed by atoms with Crippen molar-refractivity contribution >= 4 is 5.91 Å². The first-order valence-electron chi connectivity index (χ1n) is 8.20. The van der Waals surface area contributed by atoms with Crippen LogP contribution in [0.1, 0.15) is 58.3 Å². The van der Waals surface area contributed by atoms with Crippen LogP contribution in [0.3, 0.4) is 0 Å². The molecule has 0 unspecified atom stereocenters. The Morgan fingerprint density at radius 1 is 1.16 bits per heavy atom. The van der Waals surface area contributed by atoms with Gasteiger partial charge in [0.15, 0.2) is 0 Å². The van der Waals surface area contributed by atoms with E-state index in [4.69, 9.17) is 0 Å². The Labute approximate surface area is 117 Å². The Morgan fingerprint density at radius 3 is 2.37 bits per heavy atom. The first-order valence-corrected chi connectivity index (χ1v) is 8.20. The molecule has 0 aromatic heterocycles. The highest BCUT2D eigenvalue weighted by Gasteiger charge is 2.47. The van der Waals surface area contributed by atoms with E-state index >= 15 is 0 Å². The number of hydrogen-bond donors (Lipinski definition) is 1. The van der Waals surface area contributed by atoms with Crippen molar-refractivity contribution in [2.24, 2.45) is 10.8 Å². The van der Waals surface area contributed by atoms with Gasteiger partial charge in [0, 0.05) is 25.0 Å². The van der Waals surface area contributed by atoms with Gasteiger partial charge in [0.05, 0.1) is 0 Å². The molecule has 3 heteroatoms. The second-order valence-electron chi connectivity index (χ2n) is 7.10. The minimum absolute atomic E-state index is 0.0488. The minimum Gasteiger partial charge on any atom is -0.342 e. The number of carbonyl (C=O) groups is 1. The number of piperidine rings is 1. The van der Waals surface area contributed by atoms with E-state index in [2.05, 4.69) is 17.1 Å². The third-order valence-electron chi connectivity index (χ3n) is 5.94. The van der Waals surface area contributed by atoms with Gasteiger partial charge in [0.1, 0.15) is 0 Å². The van der Waals surface area contributed by atoms with Gasteiger partial charge < -0.3 is 10.2 Å². The molecule has 2 heterocycles. The predicted molar refractivity (Wildman–Crippen MR) is 76.9 cm³/mol.